The average Bonchev–Trinajstić information content (AvgIpc) is 2.70. The molecule has 0 unspecified atom stereocenters. The molecule has 1 fully saturated rings. The van der Waals surface area contributed by atoms with Gasteiger partial charge in [0.25, 0.3) is 0 Å². The van der Waals surface area contributed by atoms with E-state index in [2.05, 4.69) is 56.1 Å². The zero-order valence-corrected chi connectivity index (χ0v) is 16.9. The highest BCUT2D eigenvalue weighted by atomic mass is 35.5. The summed E-state index contributed by atoms with van der Waals surface area (Å²) in [7, 11) is 1.84. The van der Waals surface area contributed by atoms with Gasteiger partial charge in [-0.05, 0) is 23.8 Å². The van der Waals surface area contributed by atoms with E-state index in [1.807, 2.05) is 25.2 Å². The van der Waals surface area contributed by atoms with Crippen LogP contribution in [0, 0.1) is 0 Å². The molecule has 0 aliphatic carbocycles. The number of hydrogen-bond donors (Lipinski definition) is 1. The topological polar surface area (TPSA) is 56.7 Å². The molecule has 0 spiro atoms. The molecule has 1 aromatic heterocycles. The molecule has 3 rings (SSSR count). The molecule has 0 radical (unpaired) electrons. The summed E-state index contributed by atoms with van der Waals surface area (Å²) >= 11 is 6.02. The highest BCUT2D eigenvalue weighted by Crippen LogP contribution is 2.24. The van der Waals surface area contributed by atoms with Crippen LogP contribution < -0.4 is 10.2 Å². The molecular weight excluding hydrogens is 360 g/mol. The summed E-state index contributed by atoms with van der Waals surface area (Å²) in [4.78, 5) is 17.7. The van der Waals surface area contributed by atoms with E-state index in [9.17, 15) is 0 Å². The van der Waals surface area contributed by atoms with Gasteiger partial charge in [-0.15, -0.1) is 0 Å². The maximum Gasteiger partial charge on any atom is 0.225 e. The van der Waals surface area contributed by atoms with Gasteiger partial charge in [0.1, 0.15) is 0 Å². The molecule has 0 saturated carbocycles. The molecule has 0 bridgehead atoms. The minimum absolute atomic E-state index is 0.0275. The van der Waals surface area contributed by atoms with E-state index >= 15 is 0 Å². The van der Waals surface area contributed by atoms with E-state index in [0.717, 1.165) is 49.7 Å². The highest BCUT2D eigenvalue weighted by molar-refractivity contribution is 6.30. The molecule has 1 aliphatic heterocycles. The summed E-state index contributed by atoms with van der Waals surface area (Å²) < 4.78 is 0. The van der Waals surface area contributed by atoms with Crippen LogP contribution in [0.5, 0.6) is 0 Å². The fourth-order valence-electron chi connectivity index (χ4n) is 3.21. The largest absolute Gasteiger partial charge is 0.355 e. The first-order valence-corrected chi connectivity index (χ1v) is 9.61. The van der Waals surface area contributed by atoms with Crippen molar-refractivity contribution in [3.05, 3.63) is 53.3 Å². The fourth-order valence-corrected chi connectivity index (χ4v) is 3.33. The lowest BCUT2D eigenvalue weighted by Gasteiger charge is -2.37. The van der Waals surface area contributed by atoms with Crippen molar-refractivity contribution in [1.29, 1.82) is 0 Å². The van der Waals surface area contributed by atoms with Crippen LogP contribution in [0.3, 0.4) is 0 Å². The molecule has 27 heavy (non-hydrogen) atoms. The van der Waals surface area contributed by atoms with Gasteiger partial charge in [-0.2, -0.15) is 0 Å². The third-order valence-electron chi connectivity index (χ3n) is 4.94. The van der Waals surface area contributed by atoms with Crippen molar-refractivity contribution in [2.75, 3.05) is 44.7 Å². The lowest BCUT2D eigenvalue weighted by atomic mass is 9.84. The standard InChI is InChI=1S/C20H27ClN6/c1-20(2,16-5-7-17(21)8-6-16)15-25-18(22-3)26-11-13-27(14-12-26)19-23-9-4-10-24-19/h4-10H,11-15H2,1-3H3,(H,22,25). The second-order valence-corrected chi connectivity index (χ2v) is 7.75. The summed E-state index contributed by atoms with van der Waals surface area (Å²) in [6, 6.07) is 9.90. The smallest absolute Gasteiger partial charge is 0.225 e. The quantitative estimate of drug-likeness (QED) is 0.646. The number of hydrogen-bond acceptors (Lipinski definition) is 4. The van der Waals surface area contributed by atoms with Crippen LogP contribution in [0.25, 0.3) is 0 Å². The Morgan fingerprint density at radius 3 is 2.33 bits per heavy atom. The number of guanidine groups is 1. The van der Waals surface area contributed by atoms with E-state index in [4.69, 9.17) is 11.6 Å². The van der Waals surface area contributed by atoms with Gasteiger partial charge < -0.3 is 15.1 Å². The number of rotatable bonds is 4. The van der Waals surface area contributed by atoms with Crippen molar-refractivity contribution in [2.24, 2.45) is 4.99 Å². The Labute approximate surface area is 166 Å². The van der Waals surface area contributed by atoms with Gasteiger partial charge in [0.2, 0.25) is 5.95 Å². The number of aliphatic imine (C=N–C) groups is 1. The van der Waals surface area contributed by atoms with Crippen molar-refractivity contribution < 1.29 is 0 Å². The number of halogens is 1. The van der Waals surface area contributed by atoms with Crippen LogP contribution in [0.2, 0.25) is 5.02 Å². The molecule has 1 saturated heterocycles. The van der Waals surface area contributed by atoms with Gasteiger partial charge in [-0.25, -0.2) is 9.97 Å². The zero-order chi connectivity index (χ0) is 19.3. The number of nitrogens with zero attached hydrogens (tertiary/aromatic N) is 5. The maximum absolute atomic E-state index is 6.02. The second kappa shape index (κ2) is 8.57. The number of anilines is 1. The van der Waals surface area contributed by atoms with Crippen molar-refractivity contribution in [3.63, 3.8) is 0 Å². The van der Waals surface area contributed by atoms with Gasteiger partial charge in [-0.3, -0.25) is 4.99 Å². The molecule has 2 heterocycles. The third kappa shape index (κ3) is 4.89. The van der Waals surface area contributed by atoms with Crippen LogP contribution >= 0.6 is 11.6 Å². The molecule has 1 aromatic carbocycles. The monoisotopic (exact) mass is 386 g/mol. The van der Waals surface area contributed by atoms with Gasteiger partial charge in [-0.1, -0.05) is 37.6 Å². The molecule has 0 atom stereocenters. The molecule has 144 valence electrons. The SMILES string of the molecule is CN=C(NCC(C)(C)c1ccc(Cl)cc1)N1CCN(c2ncccn2)CC1. The molecular formula is C20H27ClN6. The Morgan fingerprint density at radius 1 is 1.11 bits per heavy atom. The lowest BCUT2D eigenvalue weighted by Crippen LogP contribution is -2.54. The fraction of sp³-hybridized carbons (Fsp3) is 0.450. The van der Waals surface area contributed by atoms with E-state index in [0.29, 0.717) is 0 Å². The summed E-state index contributed by atoms with van der Waals surface area (Å²) in [5.74, 6) is 1.73. The first-order valence-electron chi connectivity index (χ1n) is 9.23. The van der Waals surface area contributed by atoms with Crippen molar-refractivity contribution in [1.82, 2.24) is 20.2 Å². The van der Waals surface area contributed by atoms with Gasteiger partial charge >= 0.3 is 0 Å². The normalized spacial score (nSPS) is 15.8. The van der Waals surface area contributed by atoms with Gasteiger partial charge in [0.15, 0.2) is 5.96 Å². The van der Waals surface area contributed by atoms with E-state index in [-0.39, 0.29) is 5.41 Å². The summed E-state index contributed by atoms with van der Waals surface area (Å²) in [6.07, 6.45) is 3.57. The molecule has 2 aromatic rings. The number of piperazine rings is 1. The molecule has 6 nitrogen and oxygen atoms in total. The third-order valence-corrected chi connectivity index (χ3v) is 5.19. The summed E-state index contributed by atoms with van der Waals surface area (Å²) in [5, 5.41) is 4.30. The Bertz CT molecular complexity index is 752. The Kier molecular flexibility index (Phi) is 6.16. The van der Waals surface area contributed by atoms with E-state index < -0.39 is 0 Å². The summed E-state index contributed by atoms with van der Waals surface area (Å²) in [5.41, 5.74) is 1.22. The van der Waals surface area contributed by atoms with Gasteiger partial charge in [0.05, 0.1) is 0 Å². The minimum atomic E-state index is -0.0275. The highest BCUT2D eigenvalue weighted by Gasteiger charge is 2.24. The van der Waals surface area contributed by atoms with Crippen molar-refractivity contribution in [2.45, 2.75) is 19.3 Å². The van der Waals surface area contributed by atoms with Crippen LogP contribution in [0.1, 0.15) is 19.4 Å². The predicted molar refractivity (Wildman–Crippen MR) is 112 cm³/mol. The molecule has 0 amide bonds. The van der Waals surface area contributed by atoms with E-state index in [1.54, 1.807) is 12.4 Å². The Balaban J connectivity index is 1.56. The number of benzene rings is 1. The Hall–Kier alpha value is -2.34. The maximum atomic E-state index is 6.02. The summed E-state index contributed by atoms with van der Waals surface area (Å²) in [6.45, 7) is 8.78. The zero-order valence-electron chi connectivity index (χ0n) is 16.2. The molecule has 1 N–H and O–H groups in total. The number of aromatic nitrogens is 2. The number of nitrogens with one attached hydrogen (secondary N) is 1. The second-order valence-electron chi connectivity index (χ2n) is 7.31. The first kappa shape index (κ1) is 19.4. The predicted octanol–water partition coefficient (Wildman–Crippen LogP) is 2.81. The average molecular weight is 387 g/mol. The molecule has 1 aliphatic rings. The van der Waals surface area contributed by atoms with Crippen LogP contribution in [0.15, 0.2) is 47.7 Å². The van der Waals surface area contributed by atoms with E-state index in [1.165, 1.54) is 5.56 Å². The van der Waals surface area contributed by atoms with Crippen molar-refractivity contribution >= 4 is 23.5 Å². The minimum Gasteiger partial charge on any atom is -0.355 e. The van der Waals surface area contributed by atoms with Crippen LogP contribution in [-0.2, 0) is 5.41 Å². The molecule has 7 heteroatoms. The Morgan fingerprint density at radius 2 is 1.74 bits per heavy atom. The van der Waals surface area contributed by atoms with Gasteiger partial charge in [0, 0.05) is 62.6 Å². The van der Waals surface area contributed by atoms with Crippen LogP contribution in [0.4, 0.5) is 5.95 Å². The lowest BCUT2D eigenvalue weighted by molar-refractivity contribution is 0.364. The van der Waals surface area contributed by atoms with Crippen molar-refractivity contribution in [3.8, 4) is 0 Å². The first-order chi connectivity index (χ1) is 13.0. The van der Waals surface area contributed by atoms with Crippen LogP contribution in [-0.4, -0.2) is 60.6 Å².